The maximum atomic E-state index is 13.0. The first kappa shape index (κ1) is 16.1. The van der Waals surface area contributed by atoms with Crippen LogP contribution in [0.3, 0.4) is 0 Å². The summed E-state index contributed by atoms with van der Waals surface area (Å²) in [5.41, 5.74) is 1.44. The molecular weight excluding hydrogens is 313 g/mol. The van der Waals surface area contributed by atoms with Crippen molar-refractivity contribution in [2.45, 2.75) is 13.3 Å². The number of likely N-dealkylation sites (tertiary alicyclic amines) is 1. The van der Waals surface area contributed by atoms with Gasteiger partial charge in [0.25, 0.3) is 5.91 Å². The number of carbonyl (C=O) groups excluding carboxylic acids is 3. The number of hydrogen-bond donors (Lipinski definition) is 0. The maximum Gasteiger partial charge on any atom is 0.290 e. The van der Waals surface area contributed by atoms with Crippen LogP contribution in [-0.2, 0) is 16.0 Å². The smallest absolute Gasteiger partial charge is 0.290 e. The molecule has 3 rings (SSSR count). The number of rotatable bonds is 4. The minimum Gasteiger partial charge on any atom is -0.458 e. The van der Waals surface area contributed by atoms with Crippen LogP contribution in [0.4, 0.5) is 4.39 Å². The lowest BCUT2D eigenvalue weighted by molar-refractivity contribution is -0.139. The Morgan fingerprint density at radius 3 is 2.54 bits per heavy atom. The van der Waals surface area contributed by atoms with Gasteiger partial charge in [0.15, 0.2) is 5.76 Å². The molecule has 2 aromatic rings. The normalized spacial score (nSPS) is 17.6. The summed E-state index contributed by atoms with van der Waals surface area (Å²) in [5.74, 6) is -2.57. The Kier molecular flexibility index (Phi) is 4.05. The van der Waals surface area contributed by atoms with Crippen molar-refractivity contribution in [3.63, 3.8) is 0 Å². The summed E-state index contributed by atoms with van der Waals surface area (Å²) in [6.45, 7) is 1.77. The molecule has 0 spiro atoms. The summed E-state index contributed by atoms with van der Waals surface area (Å²) in [7, 11) is 1.49. The number of amides is 1. The number of carbonyl (C=O) groups is 3. The molecule has 2 heterocycles. The van der Waals surface area contributed by atoms with Crippen LogP contribution in [0.5, 0.6) is 0 Å². The SMILES string of the molecule is Cc1cc(Cc2ccc(F)cc2)c(C(=O)C2CN(C)C(=O)C2=O)o1. The minimum atomic E-state index is -1.03. The average molecular weight is 329 g/mol. The fourth-order valence-electron chi connectivity index (χ4n) is 2.87. The Labute approximate surface area is 138 Å². The molecule has 0 aliphatic carbocycles. The molecular formula is C18H16FNO4. The van der Waals surface area contributed by atoms with Gasteiger partial charge < -0.3 is 9.32 Å². The summed E-state index contributed by atoms with van der Waals surface area (Å²) in [6, 6.07) is 7.67. The fraction of sp³-hybridized carbons (Fsp3) is 0.278. The molecule has 0 N–H and O–H groups in total. The van der Waals surface area contributed by atoms with E-state index in [-0.39, 0.29) is 18.1 Å². The van der Waals surface area contributed by atoms with Gasteiger partial charge in [-0.3, -0.25) is 14.4 Å². The van der Waals surface area contributed by atoms with Crippen molar-refractivity contribution in [1.82, 2.24) is 4.90 Å². The molecule has 1 fully saturated rings. The highest BCUT2D eigenvalue weighted by Gasteiger charge is 2.43. The molecule has 1 aliphatic heterocycles. The second-order valence-electron chi connectivity index (χ2n) is 5.98. The molecule has 5 nitrogen and oxygen atoms in total. The van der Waals surface area contributed by atoms with E-state index in [9.17, 15) is 18.8 Å². The number of Topliss-reactive ketones (excluding diaryl/α,β-unsaturated/α-hetero) is 2. The number of ketones is 2. The molecule has 1 aromatic heterocycles. The first-order chi connectivity index (χ1) is 11.4. The van der Waals surface area contributed by atoms with Gasteiger partial charge in [0.05, 0.1) is 0 Å². The van der Waals surface area contributed by atoms with Crippen LogP contribution in [0.15, 0.2) is 34.7 Å². The maximum absolute atomic E-state index is 13.0. The van der Waals surface area contributed by atoms with Gasteiger partial charge in [-0.2, -0.15) is 0 Å². The third-order valence-electron chi connectivity index (χ3n) is 4.11. The van der Waals surface area contributed by atoms with E-state index in [1.165, 1.54) is 24.1 Å². The number of likely N-dealkylation sites (N-methyl/N-ethyl adjacent to an activating group) is 1. The second-order valence-corrected chi connectivity index (χ2v) is 5.98. The molecule has 1 amide bonds. The molecule has 0 bridgehead atoms. The summed E-state index contributed by atoms with van der Waals surface area (Å²) >= 11 is 0. The first-order valence-corrected chi connectivity index (χ1v) is 7.54. The molecule has 1 atom stereocenters. The molecule has 1 saturated heterocycles. The van der Waals surface area contributed by atoms with Crippen molar-refractivity contribution in [2.24, 2.45) is 5.92 Å². The molecule has 0 radical (unpaired) electrons. The predicted molar refractivity (Wildman–Crippen MR) is 83.1 cm³/mol. The molecule has 24 heavy (non-hydrogen) atoms. The number of halogens is 1. The number of aryl methyl sites for hydroxylation is 1. The van der Waals surface area contributed by atoms with E-state index in [0.29, 0.717) is 17.7 Å². The lowest BCUT2D eigenvalue weighted by Crippen LogP contribution is -2.24. The van der Waals surface area contributed by atoms with Gasteiger partial charge in [0.1, 0.15) is 17.5 Å². The number of hydrogen-bond acceptors (Lipinski definition) is 4. The van der Waals surface area contributed by atoms with E-state index in [1.807, 2.05) is 0 Å². The predicted octanol–water partition coefficient (Wildman–Crippen LogP) is 2.16. The fourth-order valence-corrected chi connectivity index (χ4v) is 2.87. The van der Waals surface area contributed by atoms with Gasteiger partial charge in [-0.25, -0.2) is 4.39 Å². The van der Waals surface area contributed by atoms with E-state index in [4.69, 9.17) is 4.42 Å². The molecule has 6 heteroatoms. The molecule has 124 valence electrons. The zero-order valence-corrected chi connectivity index (χ0v) is 13.3. The zero-order chi connectivity index (χ0) is 17.4. The Hall–Kier alpha value is -2.76. The van der Waals surface area contributed by atoms with Crippen LogP contribution in [0.1, 0.15) is 27.4 Å². The van der Waals surface area contributed by atoms with Crippen molar-refractivity contribution in [1.29, 1.82) is 0 Å². The topological polar surface area (TPSA) is 67.6 Å². The van der Waals surface area contributed by atoms with E-state index < -0.39 is 23.4 Å². The van der Waals surface area contributed by atoms with Crippen LogP contribution in [0, 0.1) is 18.7 Å². The lowest BCUT2D eigenvalue weighted by Gasteiger charge is -2.08. The van der Waals surface area contributed by atoms with Crippen molar-refractivity contribution >= 4 is 17.5 Å². The third-order valence-corrected chi connectivity index (χ3v) is 4.11. The van der Waals surface area contributed by atoms with Crippen LogP contribution in [-0.4, -0.2) is 36.0 Å². The van der Waals surface area contributed by atoms with E-state index in [1.54, 1.807) is 25.1 Å². The summed E-state index contributed by atoms with van der Waals surface area (Å²) < 4.78 is 18.5. The van der Waals surface area contributed by atoms with E-state index >= 15 is 0 Å². The standard InChI is InChI=1S/C18H16FNO4/c1-10-7-12(8-11-3-5-13(19)6-4-11)17(24-10)15(21)14-9-20(2)18(23)16(14)22/h3-7,14H,8-9H2,1-2H3. The van der Waals surface area contributed by atoms with Gasteiger partial charge in [0.2, 0.25) is 11.6 Å². The van der Waals surface area contributed by atoms with Gasteiger partial charge in [0, 0.05) is 25.6 Å². The summed E-state index contributed by atoms with van der Waals surface area (Å²) in [5, 5.41) is 0. The highest BCUT2D eigenvalue weighted by molar-refractivity contribution is 6.43. The van der Waals surface area contributed by atoms with Gasteiger partial charge >= 0.3 is 0 Å². The highest BCUT2D eigenvalue weighted by atomic mass is 19.1. The van der Waals surface area contributed by atoms with Crippen LogP contribution < -0.4 is 0 Å². The number of nitrogens with zero attached hydrogens (tertiary/aromatic N) is 1. The Balaban J connectivity index is 1.89. The third kappa shape index (κ3) is 2.87. The van der Waals surface area contributed by atoms with Gasteiger partial charge in [-0.05, 0) is 30.7 Å². The highest BCUT2D eigenvalue weighted by Crippen LogP contribution is 2.25. The van der Waals surface area contributed by atoms with Crippen LogP contribution in [0.25, 0.3) is 0 Å². The van der Waals surface area contributed by atoms with E-state index in [0.717, 1.165) is 5.56 Å². The van der Waals surface area contributed by atoms with E-state index in [2.05, 4.69) is 0 Å². The minimum absolute atomic E-state index is 0.0617. The largest absolute Gasteiger partial charge is 0.458 e. The summed E-state index contributed by atoms with van der Waals surface area (Å²) in [6.07, 6.45) is 0.378. The van der Waals surface area contributed by atoms with Crippen molar-refractivity contribution in [2.75, 3.05) is 13.6 Å². The van der Waals surface area contributed by atoms with Crippen molar-refractivity contribution < 1.29 is 23.2 Å². The molecule has 1 aromatic carbocycles. The van der Waals surface area contributed by atoms with Crippen molar-refractivity contribution in [3.8, 4) is 0 Å². The monoisotopic (exact) mass is 329 g/mol. The summed E-state index contributed by atoms with van der Waals surface area (Å²) in [4.78, 5) is 37.5. The molecule has 0 saturated carbocycles. The number of furan rings is 1. The van der Waals surface area contributed by atoms with Gasteiger partial charge in [-0.15, -0.1) is 0 Å². The second kappa shape index (κ2) is 6.03. The Morgan fingerprint density at radius 1 is 1.29 bits per heavy atom. The van der Waals surface area contributed by atoms with Crippen LogP contribution in [0.2, 0.25) is 0 Å². The molecule has 1 aliphatic rings. The van der Waals surface area contributed by atoms with Crippen LogP contribution >= 0.6 is 0 Å². The Morgan fingerprint density at radius 2 is 1.96 bits per heavy atom. The quantitative estimate of drug-likeness (QED) is 0.490. The molecule has 1 unspecified atom stereocenters. The lowest BCUT2D eigenvalue weighted by atomic mass is 9.96. The Bertz CT molecular complexity index is 822. The first-order valence-electron chi connectivity index (χ1n) is 7.54. The average Bonchev–Trinajstić information content (AvgIpc) is 3.04. The zero-order valence-electron chi connectivity index (χ0n) is 13.3. The number of benzene rings is 1. The van der Waals surface area contributed by atoms with Gasteiger partial charge in [-0.1, -0.05) is 12.1 Å². The van der Waals surface area contributed by atoms with Crippen molar-refractivity contribution in [3.05, 3.63) is 58.8 Å².